The minimum absolute atomic E-state index is 0.535. The van der Waals surface area contributed by atoms with Crippen LogP contribution in [0.1, 0.15) is 0 Å². The Morgan fingerprint density at radius 3 is 2.45 bits per heavy atom. The van der Waals surface area contributed by atoms with Crippen molar-refractivity contribution in [3.63, 3.8) is 0 Å². The summed E-state index contributed by atoms with van der Waals surface area (Å²) in [6.07, 6.45) is 1.60. The smallest absolute Gasteiger partial charge is 0.251 e. The summed E-state index contributed by atoms with van der Waals surface area (Å²) in [5, 5.41) is 11.3. The van der Waals surface area contributed by atoms with Crippen molar-refractivity contribution >= 4 is 39.1 Å². The lowest BCUT2D eigenvalue weighted by Crippen LogP contribution is -2.14. The molecule has 1 N–H and O–H groups in total. The van der Waals surface area contributed by atoms with Crippen LogP contribution in [0, 0.1) is 0 Å². The minimum atomic E-state index is 0.535. The summed E-state index contributed by atoms with van der Waals surface area (Å²) in [6, 6.07) is 17.8. The van der Waals surface area contributed by atoms with E-state index in [1.807, 2.05) is 66.5 Å². The van der Waals surface area contributed by atoms with Gasteiger partial charge in [-0.15, -0.1) is 5.10 Å². The molecule has 3 rings (SSSR count). The molecule has 0 radical (unpaired) electrons. The number of rotatable bonds is 4. The molecule has 0 atom stereocenters. The normalized spacial score (nSPS) is 10.3. The SMILES string of the molecule is CN(c1ccccc1)c1nncc(Nc2ccc(Br)cc2)n1. The maximum atomic E-state index is 4.50. The third-order valence-corrected chi connectivity index (χ3v) is 3.64. The first-order valence-corrected chi connectivity index (χ1v) is 7.53. The van der Waals surface area contributed by atoms with E-state index in [-0.39, 0.29) is 0 Å². The van der Waals surface area contributed by atoms with Gasteiger partial charge in [0.05, 0.1) is 6.20 Å². The summed E-state index contributed by atoms with van der Waals surface area (Å²) in [5.41, 5.74) is 1.95. The van der Waals surface area contributed by atoms with Gasteiger partial charge in [0.1, 0.15) is 0 Å². The predicted octanol–water partition coefficient (Wildman–Crippen LogP) is 4.15. The molecule has 1 aromatic heterocycles. The second kappa shape index (κ2) is 6.53. The Labute approximate surface area is 137 Å². The minimum Gasteiger partial charge on any atom is -0.339 e. The summed E-state index contributed by atoms with van der Waals surface area (Å²) < 4.78 is 1.03. The van der Waals surface area contributed by atoms with Crippen LogP contribution in [0.2, 0.25) is 0 Å². The molecule has 110 valence electrons. The Hall–Kier alpha value is -2.47. The molecule has 5 nitrogen and oxygen atoms in total. The van der Waals surface area contributed by atoms with Gasteiger partial charge in [-0.1, -0.05) is 34.1 Å². The van der Waals surface area contributed by atoms with E-state index < -0.39 is 0 Å². The van der Waals surface area contributed by atoms with Crippen molar-refractivity contribution in [3.8, 4) is 0 Å². The van der Waals surface area contributed by atoms with Crippen LogP contribution in [0.15, 0.2) is 65.3 Å². The van der Waals surface area contributed by atoms with Gasteiger partial charge in [0.2, 0.25) is 0 Å². The second-order valence-corrected chi connectivity index (χ2v) is 5.58. The molecule has 0 unspecified atom stereocenters. The summed E-state index contributed by atoms with van der Waals surface area (Å²) in [7, 11) is 1.91. The van der Waals surface area contributed by atoms with Crippen LogP contribution in [0.4, 0.5) is 23.1 Å². The van der Waals surface area contributed by atoms with E-state index in [2.05, 4.69) is 36.4 Å². The van der Waals surface area contributed by atoms with Crippen molar-refractivity contribution in [2.75, 3.05) is 17.3 Å². The molecule has 0 saturated carbocycles. The molecule has 0 bridgehead atoms. The third kappa shape index (κ3) is 3.40. The highest BCUT2D eigenvalue weighted by atomic mass is 79.9. The van der Waals surface area contributed by atoms with Gasteiger partial charge < -0.3 is 10.2 Å². The second-order valence-electron chi connectivity index (χ2n) is 4.67. The van der Waals surface area contributed by atoms with Gasteiger partial charge in [-0.3, -0.25) is 0 Å². The van der Waals surface area contributed by atoms with Crippen LogP contribution in [0.5, 0.6) is 0 Å². The van der Waals surface area contributed by atoms with E-state index in [0.29, 0.717) is 11.8 Å². The van der Waals surface area contributed by atoms with Gasteiger partial charge in [0.15, 0.2) is 5.82 Å². The molecule has 22 heavy (non-hydrogen) atoms. The zero-order chi connectivity index (χ0) is 15.4. The Balaban J connectivity index is 1.82. The Morgan fingerprint density at radius 1 is 1.00 bits per heavy atom. The highest BCUT2D eigenvalue weighted by molar-refractivity contribution is 9.10. The third-order valence-electron chi connectivity index (χ3n) is 3.11. The highest BCUT2D eigenvalue weighted by Crippen LogP contribution is 2.21. The fourth-order valence-electron chi connectivity index (χ4n) is 1.94. The Morgan fingerprint density at radius 2 is 1.73 bits per heavy atom. The van der Waals surface area contributed by atoms with Gasteiger partial charge in [0, 0.05) is 22.9 Å². The van der Waals surface area contributed by atoms with Crippen LogP contribution >= 0.6 is 15.9 Å². The number of anilines is 4. The van der Waals surface area contributed by atoms with Crippen molar-refractivity contribution in [2.45, 2.75) is 0 Å². The topological polar surface area (TPSA) is 53.9 Å². The molecule has 0 fully saturated rings. The molecule has 2 aromatic carbocycles. The van der Waals surface area contributed by atoms with Crippen molar-refractivity contribution in [3.05, 3.63) is 65.3 Å². The lowest BCUT2D eigenvalue weighted by molar-refractivity contribution is 0.932. The van der Waals surface area contributed by atoms with Crippen LogP contribution < -0.4 is 10.2 Å². The van der Waals surface area contributed by atoms with Crippen molar-refractivity contribution < 1.29 is 0 Å². The fourth-order valence-corrected chi connectivity index (χ4v) is 2.21. The summed E-state index contributed by atoms with van der Waals surface area (Å²) in [6.45, 7) is 0. The number of aromatic nitrogens is 3. The van der Waals surface area contributed by atoms with Crippen LogP contribution in [-0.4, -0.2) is 22.2 Å². The van der Waals surface area contributed by atoms with E-state index in [0.717, 1.165) is 15.8 Å². The fraction of sp³-hybridized carbons (Fsp3) is 0.0625. The van der Waals surface area contributed by atoms with Crippen molar-refractivity contribution in [1.82, 2.24) is 15.2 Å². The number of hydrogen-bond acceptors (Lipinski definition) is 5. The first kappa shape index (κ1) is 14.5. The van der Waals surface area contributed by atoms with Gasteiger partial charge in [-0.05, 0) is 36.4 Å². The average molecular weight is 356 g/mol. The molecular formula is C16H14BrN5. The first-order valence-electron chi connectivity index (χ1n) is 6.73. The van der Waals surface area contributed by atoms with Crippen LogP contribution in [0.25, 0.3) is 0 Å². The molecule has 0 spiro atoms. The van der Waals surface area contributed by atoms with E-state index >= 15 is 0 Å². The average Bonchev–Trinajstić information content (AvgIpc) is 2.57. The summed E-state index contributed by atoms with van der Waals surface area (Å²) in [4.78, 5) is 6.38. The molecule has 0 saturated heterocycles. The van der Waals surface area contributed by atoms with Crippen molar-refractivity contribution in [1.29, 1.82) is 0 Å². The zero-order valence-corrected chi connectivity index (χ0v) is 13.5. The predicted molar refractivity (Wildman–Crippen MR) is 91.8 cm³/mol. The van der Waals surface area contributed by atoms with E-state index in [4.69, 9.17) is 0 Å². The van der Waals surface area contributed by atoms with Crippen molar-refractivity contribution in [2.24, 2.45) is 0 Å². The molecule has 0 aliphatic carbocycles. The molecule has 0 aliphatic heterocycles. The maximum absolute atomic E-state index is 4.50. The van der Waals surface area contributed by atoms with Crippen LogP contribution in [0.3, 0.4) is 0 Å². The first-order chi connectivity index (χ1) is 10.7. The molecule has 0 aliphatic rings. The molecule has 1 heterocycles. The lowest BCUT2D eigenvalue weighted by Gasteiger charge is -2.17. The van der Waals surface area contributed by atoms with E-state index in [1.165, 1.54) is 0 Å². The Kier molecular flexibility index (Phi) is 4.29. The van der Waals surface area contributed by atoms with E-state index in [1.54, 1.807) is 6.20 Å². The van der Waals surface area contributed by atoms with Gasteiger partial charge >= 0.3 is 0 Å². The summed E-state index contributed by atoms with van der Waals surface area (Å²) >= 11 is 3.42. The van der Waals surface area contributed by atoms with Crippen LogP contribution in [-0.2, 0) is 0 Å². The molecule has 0 amide bonds. The zero-order valence-electron chi connectivity index (χ0n) is 11.9. The van der Waals surface area contributed by atoms with Gasteiger partial charge in [-0.2, -0.15) is 10.1 Å². The number of halogens is 1. The molecule has 3 aromatic rings. The Bertz CT molecular complexity index is 746. The number of hydrogen-bond donors (Lipinski definition) is 1. The monoisotopic (exact) mass is 355 g/mol. The van der Waals surface area contributed by atoms with Gasteiger partial charge in [-0.25, -0.2) is 0 Å². The number of nitrogens with one attached hydrogen (secondary N) is 1. The number of benzene rings is 2. The molecule has 6 heteroatoms. The highest BCUT2D eigenvalue weighted by Gasteiger charge is 2.08. The summed E-state index contributed by atoms with van der Waals surface area (Å²) in [5.74, 6) is 1.18. The number of para-hydroxylation sites is 1. The van der Waals surface area contributed by atoms with Gasteiger partial charge in [0.25, 0.3) is 5.95 Å². The number of nitrogens with zero attached hydrogens (tertiary/aromatic N) is 4. The molecular weight excluding hydrogens is 342 g/mol. The largest absolute Gasteiger partial charge is 0.339 e. The standard InChI is InChI=1S/C16H14BrN5/c1-22(14-5-3-2-4-6-14)16-20-15(11-18-21-16)19-13-9-7-12(17)8-10-13/h2-11H,1H3,(H,19,20,21). The maximum Gasteiger partial charge on any atom is 0.251 e. The lowest BCUT2D eigenvalue weighted by atomic mass is 10.3. The van der Waals surface area contributed by atoms with E-state index in [9.17, 15) is 0 Å². The quantitative estimate of drug-likeness (QED) is 0.761.